The van der Waals surface area contributed by atoms with E-state index in [1.165, 1.54) is 19.8 Å². The Hall–Kier alpha value is -4.78. The zero-order valence-electron chi connectivity index (χ0n) is 26.5. The van der Waals surface area contributed by atoms with Crippen LogP contribution in [0.4, 0.5) is 0 Å². The molecule has 0 atom stereocenters. The summed E-state index contributed by atoms with van der Waals surface area (Å²) in [5.41, 5.74) is 8.55. The predicted molar refractivity (Wildman–Crippen MR) is 179 cm³/mol. The summed E-state index contributed by atoms with van der Waals surface area (Å²) >= 11 is 0. The van der Waals surface area contributed by atoms with Crippen molar-refractivity contribution >= 4 is 11.9 Å². The van der Waals surface area contributed by atoms with Gasteiger partial charge in [0.15, 0.2) is 0 Å². The van der Waals surface area contributed by atoms with Crippen LogP contribution in [0.5, 0.6) is 11.5 Å². The van der Waals surface area contributed by atoms with Crippen molar-refractivity contribution in [2.45, 2.75) is 33.1 Å². The van der Waals surface area contributed by atoms with Crippen LogP contribution in [0.3, 0.4) is 0 Å². The summed E-state index contributed by atoms with van der Waals surface area (Å²) < 4.78 is 21.4. The van der Waals surface area contributed by atoms with Gasteiger partial charge in [-0.15, -0.1) is 0 Å². The molecule has 0 aliphatic rings. The zero-order valence-corrected chi connectivity index (χ0v) is 26.5. The fourth-order valence-corrected chi connectivity index (χ4v) is 5.03. The molecule has 0 aromatic heterocycles. The van der Waals surface area contributed by atoms with Gasteiger partial charge in [-0.25, -0.2) is 9.59 Å². The van der Waals surface area contributed by atoms with Gasteiger partial charge in [-0.2, -0.15) is 0 Å². The van der Waals surface area contributed by atoms with E-state index >= 15 is 0 Å². The van der Waals surface area contributed by atoms with E-state index in [9.17, 15) is 9.59 Å². The smallest absolute Gasteiger partial charge is 0.341 e. The zero-order chi connectivity index (χ0) is 32.3. The molecule has 0 saturated heterocycles. The third-order valence-electron chi connectivity index (χ3n) is 7.40. The topological polar surface area (TPSA) is 71.1 Å². The molecule has 6 nitrogen and oxygen atoms in total. The molecule has 6 heteroatoms. The average Bonchev–Trinajstić information content (AvgIpc) is 3.05. The van der Waals surface area contributed by atoms with Crippen molar-refractivity contribution in [2.24, 2.45) is 0 Å². The minimum Gasteiger partial charge on any atom is -0.423 e. The van der Waals surface area contributed by atoms with Crippen molar-refractivity contribution in [3.05, 3.63) is 120 Å². The summed E-state index contributed by atoms with van der Waals surface area (Å²) in [7, 11) is 3.00. The minimum atomic E-state index is -0.551. The Morgan fingerprint density at radius 2 is 1.18 bits per heavy atom. The molecule has 0 bridgehead atoms. The Morgan fingerprint density at radius 1 is 0.622 bits per heavy atom. The number of methoxy groups -OCH3 is 2. The van der Waals surface area contributed by atoms with Crippen LogP contribution in [0.25, 0.3) is 33.4 Å². The molecule has 4 aromatic rings. The number of rotatable bonds is 14. The molecule has 0 aliphatic heterocycles. The van der Waals surface area contributed by atoms with Gasteiger partial charge in [0.1, 0.15) is 11.5 Å². The van der Waals surface area contributed by atoms with Crippen LogP contribution < -0.4 is 9.47 Å². The van der Waals surface area contributed by atoms with Crippen molar-refractivity contribution in [3.63, 3.8) is 0 Å². The lowest BCUT2D eigenvalue weighted by atomic mass is 9.93. The second kappa shape index (κ2) is 15.8. The van der Waals surface area contributed by atoms with Gasteiger partial charge in [-0.05, 0) is 76.1 Å². The van der Waals surface area contributed by atoms with Gasteiger partial charge in [-0.3, -0.25) is 0 Å². The lowest BCUT2D eigenvalue weighted by Gasteiger charge is -2.16. The van der Waals surface area contributed by atoms with E-state index in [-0.39, 0.29) is 24.4 Å². The maximum atomic E-state index is 12.8. The molecule has 0 unspecified atom stereocenters. The summed E-state index contributed by atoms with van der Waals surface area (Å²) in [4.78, 5) is 25.2. The number of esters is 2. The number of aryl methyl sites for hydroxylation is 2. The highest BCUT2D eigenvalue weighted by Crippen LogP contribution is 2.38. The largest absolute Gasteiger partial charge is 0.423 e. The van der Waals surface area contributed by atoms with E-state index in [1.54, 1.807) is 12.1 Å². The molecule has 0 heterocycles. The lowest BCUT2D eigenvalue weighted by molar-refractivity contribution is -0.131. The summed E-state index contributed by atoms with van der Waals surface area (Å²) in [6, 6.07) is 28.1. The molecular formula is C39H40O6. The van der Waals surface area contributed by atoms with Gasteiger partial charge in [0.2, 0.25) is 0 Å². The quantitative estimate of drug-likeness (QED) is 0.0818. The number of carbonyl (C=O) groups is 2. The van der Waals surface area contributed by atoms with Crippen LogP contribution in [-0.2, 0) is 31.9 Å². The molecule has 0 amide bonds. The van der Waals surface area contributed by atoms with Crippen molar-refractivity contribution in [1.82, 2.24) is 0 Å². The van der Waals surface area contributed by atoms with E-state index in [2.05, 4.69) is 56.5 Å². The first-order valence-electron chi connectivity index (χ1n) is 15.0. The average molecular weight is 605 g/mol. The highest BCUT2D eigenvalue weighted by Gasteiger charge is 2.17. The predicted octanol–water partition coefficient (Wildman–Crippen LogP) is 8.42. The number of ether oxygens (including phenoxy) is 4. The SMILES string of the molecule is C=C(COC)C(=O)Oc1ccc(-c2ccc(OC(=O)C(=C)COC)c(-c3ccc(-c4ccc(CCC)cc4)cc3)c2)c(CC)c1. The van der Waals surface area contributed by atoms with Crippen molar-refractivity contribution in [3.8, 4) is 44.9 Å². The van der Waals surface area contributed by atoms with Crippen LogP contribution in [-0.4, -0.2) is 39.4 Å². The van der Waals surface area contributed by atoms with Gasteiger partial charge >= 0.3 is 11.9 Å². The van der Waals surface area contributed by atoms with Crippen LogP contribution in [0, 0.1) is 0 Å². The molecule has 45 heavy (non-hydrogen) atoms. The fourth-order valence-electron chi connectivity index (χ4n) is 5.03. The number of benzene rings is 4. The molecule has 4 aromatic carbocycles. The van der Waals surface area contributed by atoms with Crippen molar-refractivity contribution in [1.29, 1.82) is 0 Å². The highest BCUT2D eigenvalue weighted by atomic mass is 16.5. The first-order chi connectivity index (χ1) is 21.8. The van der Waals surface area contributed by atoms with Crippen LogP contribution in [0.15, 0.2) is 109 Å². The first kappa shape index (κ1) is 33.1. The van der Waals surface area contributed by atoms with Gasteiger partial charge < -0.3 is 18.9 Å². The second-order valence-corrected chi connectivity index (χ2v) is 10.8. The summed E-state index contributed by atoms with van der Waals surface area (Å²) in [5.74, 6) is -0.239. The number of carbonyl (C=O) groups excluding carboxylic acids is 2. The first-order valence-corrected chi connectivity index (χ1v) is 15.0. The molecule has 0 radical (unpaired) electrons. The molecule has 0 N–H and O–H groups in total. The molecule has 0 aliphatic carbocycles. The van der Waals surface area contributed by atoms with Gasteiger partial charge in [0.05, 0.1) is 24.4 Å². The Balaban J connectivity index is 1.71. The molecule has 232 valence electrons. The second-order valence-electron chi connectivity index (χ2n) is 10.8. The fraction of sp³-hybridized carbons (Fsp3) is 0.231. The molecule has 0 fully saturated rings. The summed E-state index contributed by atoms with van der Waals surface area (Å²) in [6.45, 7) is 11.9. The van der Waals surface area contributed by atoms with E-state index in [1.807, 2.05) is 43.3 Å². The number of hydrogen-bond acceptors (Lipinski definition) is 6. The standard InChI is InChI=1S/C39H40O6/c1-7-9-28-10-12-30(13-11-28)31-14-16-32(17-15-31)36-23-33(18-21-37(36)45-39(41)27(4)25-43-6)35-20-19-34(22-29(35)8-2)44-38(40)26(3)24-42-5/h10-23H,3-4,7-9,24-25H2,1-2,5-6H3. The van der Waals surface area contributed by atoms with Gasteiger partial charge in [0, 0.05) is 19.8 Å². The highest BCUT2D eigenvalue weighted by molar-refractivity contribution is 5.92. The third kappa shape index (κ3) is 8.44. The van der Waals surface area contributed by atoms with Gasteiger partial charge in [-0.1, -0.05) is 94.1 Å². The van der Waals surface area contributed by atoms with Gasteiger partial charge in [0.25, 0.3) is 0 Å². The molecule has 0 saturated carbocycles. The Bertz CT molecular complexity index is 1670. The molecule has 4 rings (SSSR count). The maximum absolute atomic E-state index is 12.8. The van der Waals surface area contributed by atoms with Crippen LogP contribution >= 0.6 is 0 Å². The van der Waals surface area contributed by atoms with Crippen LogP contribution in [0.2, 0.25) is 0 Å². The minimum absolute atomic E-state index is 0.0770. The Morgan fingerprint density at radius 3 is 1.76 bits per heavy atom. The van der Waals surface area contributed by atoms with Crippen LogP contribution in [0.1, 0.15) is 31.4 Å². The maximum Gasteiger partial charge on any atom is 0.341 e. The van der Waals surface area contributed by atoms with E-state index in [0.29, 0.717) is 17.9 Å². The van der Waals surface area contributed by atoms with E-state index in [0.717, 1.165) is 51.8 Å². The number of hydrogen-bond donors (Lipinski definition) is 0. The monoisotopic (exact) mass is 604 g/mol. The van der Waals surface area contributed by atoms with Crippen molar-refractivity contribution < 1.29 is 28.5 Å². The summed E-state index contributed by atoms with van der Waals surface area (Å²) in [6.07, 6.45) is 2.88. The van der Waals surface area contributed by atoms with E-state index < -0.39 is 11.9 Å². The third-order valence-corrected chi connectivity index (χ3v) is 7.40. The molecule has 0 spiro atoms. The lowest BCUT2D eigenvalue weighted by Crippen LogP contribution is -2.14. The summed E-state index contributed by atoms with van der Waals surface area (Å²) in [5, 5.41) is 0. The Labute approximate surface area is 265 Å². The Kier molecular flexibility index (Phi) is 11.6. The normalized spacial score (nSPS) is 10.8. The van der Waals surface area contributed by atoms with Crippen molar-refractivity contribution in [2.75, 3.05) is 27.4 Å². The molecular weight excluding hydrogens is 564 g/mol. The van der Waals surface area contributed by atoms with E-state index in [4.69, 9.17) is 18.9 Å².